The fourth-order valence-electron chi connectivity index (χ4n) is 1.53. The van der Waals surface area contributed by atoms with Crippen molar-refractivity contribution < 1.29 is 23.8 Å². The van der Waals surface area contributed by atoms with Crippen LogP contribution < -0.4 is 4.74 Å². The van der Waals surface area contributed by atoms with E-state index in [9.17, 15) is 9.59 Å². The highest BCUT2D eigenvalue weighted by atomic mass is 35.5. The Kier molecular flexibility index (Phi) is 6.77. The molecule has 0 aliphatic heterocycles. The summed E-state index contributed by atoms with van der Waals surface area (Å²) in [7, 11) is 2.28. The number of ether oxygens (including phenoxy) is 3. The van der Waals surface area contributed by atoms with Crippen molar-refractivity contribution in [2.24, 2.45) is 0 Å². The van der Waals surface area contributed by atoms with E-state index >= 15 is 0 Å². The molecule has 1 aromatic rings. The highest BCUT2D eigenvalue weighted by Crippen LogP contribution is 2.34. The Hall–Kier alpha value is -2.16. The third kappa shape index (κ3) is 4.42. The summed E-state index contributed by atoms with van der Waals surface area (Å²) >= 11 is 12.0. The molecule has 0 fully saturated rings. The summed E-state index contributed by atoms with van der Waals surface area (Å²) in [6, 6.07) is 2.91. The molecule has 0 saturated heterocycles. The van der Waals surface area contributed by atoms with Gasteiger partial charge in [0.25, 0.3) is 0 Å². The Morgan fingerprint density at radius 1 is 1.23 bits per heavy atom. The van der Waals surface area contributed by atoms with Crippen molar-refractivity contribution in [2.75, 3.05) is 20.8 Å². The van der Waals surface area contributed by atoms with E-state index in [2.05, 4.69) is 15.4 Å². The number of rotatable bonds is 5. The van der Waals surface area contributed by atoms with Gasteiger partial charge in [-0.3, -0.25) is 0 Å². The van der Waals surface area contributed by atoms with E-state index in [1.807, 2.05) is 0 Å². The van der Waals surface area contributed by atoms with E-state index in [-0.39, 0.29) is 23.0 Å². The van der Waals surface area contributed by atoms with Crippen LogP contribution in [0.3, 0.4) is 0 Å². The molecule has 1 rings (SSSR count). The number of carbonyl (C=O) groups is 2. The van der Waals surface area contributed by atoms with Gasteiger partial charge in [-0.2, -0.15) is 0 Å². The molecule has 7 heteroatoms. The van der Waals surface area contributed by atoms with Gasteiger partial charge in [0.2, 0.25) is 0 Å². The number of hydrogen-bond acceptors (Lipinski definition) is 5. The summed E-state index contributed by atoms with van der Waals surface area (Å²) in [5, 5.41) is 0.474. The van der Waals surface area contributed by atoms with Crippen LogP contribution in [0.5, 0.6) is 5.75 Å². The first-order chi connectivity index (χ1) is 10.4. The van der Waals surface area contributed by atoms with E-state index in [1.165, 1.54) is 18.2 Å². The molecular formula is C15H12Cl2O5. The molecule has 0 saturated carbocycles. The van der Waals surface area contributed by atoms with Crippen LogP contribution in [0.1, 0.15) is 5.56 Å². The van der Waals surface area contributed by atoms with Crippen molar-refractivity contribution in [1.82, 2.24) is 0 Å². The van der Waals surface area contributed by atoms with Gasteiger partial charge in [-0.25, -0.2) is 9.59 Å². The van der Waals surface area contributed by atoms with Gasteiger partial charge in [0.15, 0.2) is 0 Å². The Morgan fingerprint density at radius 2 is 1.82 bits per heavy atom. The fourth-order valence-corrected chi connectivity index (χ4v) is 2.09. The first-order valence-electron chi connectivity index (χ1n) is 5.88. The van der Waals surface area contributed by atoms with Gasteiger partial charge in [-0.15, -0.1) is 6.42 Å². The van der Waals surface area contributed by atoms with Gasteiger partial charge in [0.05, 0.1) is 19.2 Å². The molecule has 1 aromatic carbocycles. The maximum Gasteiger partial charge on any atom is 0.345 e. The molecule has 0 bridgehead atoms. The van der Waals surface area contributed by atoms with Crippen molar-refractivity contribution in [1.29, 1.82) is 0 Å². The van der Waals surface area contributed by atoms with Crippen molar-refractivity contribution in [3.8, 4) is 18.1 Å². The van der Waals surface area contributed by atoms with Gasteiger partial charge in [0, 0.05) is 10.6 Å². The largest absolute Gasteiger partial charge is 0.479 e. The molecule has 0 N–H and O–H groups in total. The topological polar surface area (TPSA) is 61.8 Å². The van der Waals surface area contributed by atoms with Gasteiger partial charge >= 0.3 is 11.9 Å². The number of methoxy groups -OCH3 is 2. The lowest BCUT2D eigenvalue weighted by atomic mass is 10.1. The fraction of sp³-hybridized carbons (Fsp3) is 0.200. The minimum absolute atomic E-state index is 0.0476. The minimum atomic E-state index is -0.870. The predicted molar refractivity (Wildman–Crippen MR) is 82.8 cm³/mol. The van der Waals surface area contributed by atoms with E-state index in [1.54, 1.807) is 0 Å². The van der Waals surface area contributed by atoms with Crippen LogP contribution >= 0.6 is 23.2 Å². The van der Waals surface area contributed by atoms with Crippen LogP contribution in [0.25, 0.3) is 6.08 Å². The Bertz CT molecular complexity index is 641. The summed E-state index contributed by atoms with van der Waals surface area (Å²) in [6.45, 7) is -0.0476. The monoisotopic (exact) mass is 342 g/mol. The highest BCUT2D eigenvalue weighted by Gasteiger charge is 2.21. The second-order valence-corrected chi connectivity index (χ2v) is 4.68. The van der Waals surface area contributed by atoms with Crippen molar-refractivity contribution >= 4 is 41.2 Å². The predicted octanol–water partition coefficient (Wildman–Crippen LogP) is 2.73. The lowest BCUT2D eigenvalue weighted by Crippen LogP contribution is -2.15. The first-order valence-corrected chi connectivity index (χ1v) is 6.63. The number of carbonyl (C=O) groups excluding carboxylic acids is 2. The maximum atomic E-state index is 11.7. The summed E-state index contributed by atoms with van der Waals surface area (Å²) in [4.78, 5) is 23.4. The third-order valence-corrected chi connectivity index (χ3v) is 2.95. The van der Waals surface area contributed by atoms with Crippen molar-refractivity contribution in [3.63, 3.8) is 0 Å². The molecule has 0 unspecified atom stereocenters. The van der Waals surface area contributed by atoms with Crippen molar-refractivity contribution in [2.45, 2.75) is 0 Å². The highest BCUT2D eigenvalue weighted by molar-refractivity contribution is 6.36. The molecule has 0 aromatic heterocycles. The van der Waals surface area contributed by atoms with E-state index < -0.39 is 11.9 Å². The SMILES string of the molecule is C#CCOc1c(Cl)cc(Cl)cc1C=C(C(=O)OC)C(=O)OC. The average Bonchev–Trinajstić information content (AvgIpc) is 2.50. The van der Waals surface area contributed by atoms with Gasteiger partial charge in [0.1, 0.15) is 17.9 Å². The molecule has 0 atom stereocenters. The normalized spacial score (nSPS) is 9.41. The maximum absolute atomic E-state index is 11.7. The summed E-state index contributed by atoms with van der Waals surface area (Å²) < 4.78 is 14.4. The average molecular weight is 343 g/mol. The molecule has 116 valence electrons. The second-order valence-electron chi connectivity index (χ2n) is 3.84. The molecule has 5 nitrogen and oxygen atoms in total. The minimum Gasteiger partial charge on any atom is -0.479 e. The Morgan fingerprint density at radius 3 is 2.32 bits per heavy atom. The van der Waals surface area contributed by atoms with Crippen LogP contribution in [-0.2, 0) is 19.1 Å². The Balaban J connectivity index is 3.44. The van der Waals surface area contributed by atoms with E-state index in [0.29, 0.717) is 10.6 Å². The van der Waals surface area contributed by atoms with Crippen LogP contribution in [0, 0.1) is 12.3 Å². The van der Waals surface area contributed by atoms with E-state index in [0.717, 1.165) is 14.2 Å². The van der Waals surface area contributed by atoms with Gasteiger partial charge in [-0.1, -0.05) is 29.1 Å². The van der Waals surface area contributed by atoms with Gasteiger partial charge in [-0.05, 0) is 18.2 Å². The second kappa shape index (κ2) is 8.32. The molecule has 0 heterocycles. The molecule has 0 aliphatic carbocycles. The van der Waals surface area contributed by atoms with Crippen LogP contribution in [-0.4, -0.2) is 32.8 Å². The van der Waals surface area contributed by atoms with Gasteiger partial charge < -0.3 is 14.2 Å². The number of hydrogen-bond donors (Lipinski definition) is 0. The molecule has 0 aliphatic rings. The van der Waals surface area contributed by atoms with Crippen LogP contribution in [0.2, 0.25) is 10.0 Å². The lowest BCUT2D eigenvalue weighted by molar-refractivity contribution is -0.143. The van der Waals surface area contributed by atoms with E-state index in [4.69, 9.17) is 34.4 Å². The van der Waals surface area contributed by atoms with Crippen molar-refractivity contribution in [3.05, 3.63) is 33.3 Å². The number of terminal acetylenes is 1. The summed E-state index contributed by atoms with van der Waals surface area (Å²) in [6.07, 6.45) is 6.35. The molecular weight excluding hydrogens is 331 g/mol. The standard InChI is InChI=1S/C15H12Cl2O5/c1-4-5-22-13-9(6-10(16)8-12(13)17)7-11(14(18)20-2)15(19)21-3/h1,6-8H,5H2,2-3H3. The number of benzene rings is 1. The lowest BCUT2D eigenvalue weighted by Gasteiger charge is -2.11. The zero-order chi connectivity index (χ0) is 16.7. The quantitative estimate of drug-likeness (QED) is 0.270. The smallest absolute Gasteiger partial charge is 0.345 e. The zero-order valence-corrected chi connectivity index (χ0v) is 13.3. The first kappa shape index (κ1) is 17.9. The molecule has 22 heavy (non-hydrogen) atoms. The molecule has 0 spiro atoms. The summed E-state index contributed by atoms with van der Waals surface area (Å²) in [5.41, 5.74) is -0.0487. The van der Waals surface area contributed by atoms with Crippen LogP contribution in [0.15, 0.2) is 17.7 Å². The number of esters is 2. The molecule has 0 radical (unpaired) electrons. The molecule has 0 amide bonds. The summed E-state index contributed by atoms with van der Waals surface area (Å²) in [5.74, 6) is 0.739. The Labute approximate surface area is 137 Å². The third-order valence-electron chi connectivity index (χ3n) is 2.45. The zero-order valence-electron chi connectivity index (χ0n) is 11.8. The number of halogens is 2. The van der Waals surface area contributed by atoms with Crippen LogP contribution in [0.4, 0.5) is 0 Å².